The van der Waals surface area contributed by atoms with Gasteiger partial charge in [0, 0.05) is 12.0 Å². The summed E-state index contributed by atoms with van der Waals surface area (Å²) in [7, 11) is 0. The van der Waals surface area contributed by atoms with Crippen molar-refractivity contribution < 1.29 is 19.4 Å². The van der Waals surface area contributed by atoms with Crippen LogP contribution >= 0.6 is 0 Å². The summed E-state index contributed by atoms with van der Waals surface area (Å²) in [5.41, 5.74) is 1.61. The topological polar surface area (TPSA) is 52.6 Å². The number of Topliss-reactive ketones (excluding diaryl/α,β-unsaturated/α-hetero) is 1. The Bertz CT molecular complexity index is 717. The van der Waals surface area contributed by atoms with Crippen LogP contribution in [0.1, 0.15) is 17.0 Å². The fourth-order valence-corrected chi connectivity index (χ4v) is 2.81. The Kier molecular flexibility index (Phi) is 1.66. The molecule has 0 fully saturated rings. The van der Waals surface area contributed by atoms with E-state index in [1.54, 1.807) is 6.07 Å². The molecule has 0 saturated carbocycles. The van der Waals surface area contributed by atoms with E-state index in [-0.39, 0.29) is 12.2 Å². The van der Waals surface area contributed by atoms with Crippen molar-refractivity contribution >= 4 is 22.5 Å². The highest BCUT2D eigenvalue weighted by atomic mass is 17.2. The Balaban J connectivity index is 2.19. The van der Waals surface area contributed by atoms with E-state index in [4.69, 9.17) is 4.89 Å². The van der Waals surface area contributed by atoms with Crippen molar-refractivity contribution in [2.75, 3.05) is 0 Å². The zero-order valence-corrected chi connectivity index (χ0v) is 9.30. The zero-order chi connectivity index (χ0) is 12.3. The van der Waals surface area contributed by atoms with Crippen LogP contribution in [0.2, 0.25) is 0 Å². The Morgan fingerprint density at radius 1 is 1.06 bits per heavy atom. The molecule has 88 valence electrons. The van der Waals surface area contributed by atoms with Crippen LogP contribution in [0.4, 0.5) is 0 Å². The summed E-state index contributed by atoms with van der Waals surface area (Å²) in [4.78, 5) is 33.3. The quantitative estimate of drug-likeness (QED) is 0.521. The highest BCUT2D eigenvalue weighted by Gasteiger charge is 2.42. The monoisotopic (exact) mass is 240 g/mol. The van der Waals surface area contributed by atoms with E-state index in [2.05, 4.69) is 4.89 Å². The van der Waals surface area contributed by atoms with Crippen molar-refractivity contribution in [3.05, 3.63) is 41.5 Å². The largest absolute Gasteiger partial charge is 0.370 e. The van der Waals surface area contributed by atoms with Gasteiger partial charge in [0.25, 0.3) is 0 Å². The van der Waals surface area contributed by atoms with E-state index >= 15 is 0 Å². The predicted octanol–water partition coefficient (Wildman–Crippen LogP) is 1.90. The maximum atomic E-state index is 12.1. The standard InChI is InChI=1S/C14H8O4/c15-9-6-8-3-1-2-7-4-5-10-13(11(7)8)12(9)14(16)18-17-10/h1-5,12H,6H2. The van der Waals surface area contributed by atoms with Gasteiger partial charge in [-0.15, -0.1) is 0 Å². The highest BCUT2D eigenvalue weighted by molar-refractivity contribution is 6.13. The molecule has 2 aliphatic rings. The summed E-state index contributed by atoms with van der Waals surface area (Å²) < 4.78 is 0. The molecule has 0 aromatic heterocycles. The van der Waals surface area contributed by atoms with Crippen molar-refractivity contribution in [3.8, 4) is 5.75 Å². The van der Waals surface area contributed by atoms with Gasteiger partial charge in [-0.3, -0.25) is 9.68 Å². The zero-order valence-electron chi connectivity index (χ0n) is 9.30. The molecule has 0 bridgehead atoms. The maximum Gasteiger partial charge on any atom is 0.370 e. The number of rotatable bonds is 0. The Labute approximate surface area is 102 Å². The van der Waals surface area contributed by atoms with Gasteiger partial charge < -0.3 is 0 Å². The molecule has 0 radical (unpaired) electrons. The minimum Gasteiger partial charge on any atom is -0.298 e. The molecule has 4 rings (SSSR count). The van der Waals surface area contributed by atoms with Gasteiger partial charge in [0.15, 0.2) is 11.5 Å². The Hall–Kier alpha value is -2.36. The minimum atomic E-state index is -0.827. The van der Waals surface area contributed by atoms with Crippen LogP contribution in [0.25, 0.3) is 10.8 Å². The van der Waals surface area contributed by atoms with Gasteiger partial charge in [-0.2, -0.15) is 0 Å². The highest BCUT2D eigenvalue weighted by Crippen LogP contribution is 2.43. The normalized spacial score (nSPS) is 20.6. The maximum absolute atomic E-state index is 12.1. The van der Waals surface area contributed by atoms with Crippen LogP contribution in [-0.2, 0) is 20.9 Å². The third-order valence-electron chi connectivity index (χ3n) is 3.56. The van der Waals surface area contributed by atoms with Crippen molar-refractivity contribution in [3.63, 3.8) is 0 Å². The van der Waals surface area contributed by atoms with Crippen LogP contribution in [-0.4, -0.2) is 11.8 Å². The SMILES string of the molecule is O=C1Cc2cccc3ccc4c(c23)C1C(=O)OO4. The number of benzene rings is 2. The molecule has 2 aromatic carbocycles. The molecule has 1 heterocycles. The lowest BCUT2D eigenvalue weighted by Gasteiger charge is -2.27. The van der Waals surface area contributed by atoms with Gasteiger partial charge in [0.2, 0.25) is 0 Å². The third kappa shape index (κ3) is 1.05. The summed E-state index contributed by atoms with van der Waals surface area (Å²) in [5.74, 6) is -1.11. The van der Waals surface area contributed by atoms with Crippen LogP contribution in [0.5, 0.6) is 5.75 Å². The second-order valence-corrected chi connectivity index (χ2v) is 4.55. The molecule has 1 aliphatic heterocycles. The third-order valence-corrected chi connectivity index (χ3v) is 3.56. The van der Waals surface area contributed by atoms with E-state index in [0.717, 1.165) is 16.3 Å². The first kappa shape index (κ1) is 9.65. The van der Waals surface area contributed by atoms with Crippen LogP contribution in [0.15, 0.2) is 30.3 Å². The molecule has 0 N–H and O–H groups in total. The fourth-order valence-electron chi connectivity index (χ4n) is 2.81. The molecule has 1 aliphatic carbocycles. The number of hydrogen-bond donors (Lipinski definition) is 0. The average Bonchev–Trinajstić information content (AvgIpc) is 2.38. The summed E-state index contributed by atoms with van der Waals surface area (Å²) >= 11 is 0. The summed E-state index contributed by atoms with van der Waals surface area (Å²) in [6.07, 6.45) is 0.271. The van der Waals surface area contributed by atoms with E-state index < -0.39 is 11.9 Å². The first-order valence-corrected chi connectivity index (χ1v) is 5.71. The minimum absolute atomic E-state index is 0.129. The van der Waals surface area contributed by atoms with Gasteiger partial charge in [-0.05, 0) is 22.4 Å². The van der Waals surface area contributed by atoms with E-state index in [0.29, 0.717) is 11.3 Å². The van der Waals surface area contributed by atoms with Crippen molar-refractivity contribution in [1.82, 2.24) is 0 Å². The molecule has 0 amide bonds. The number of carbonyl (C=O) groups excluding carboxylic acids is 2. The molecule has 0 saturated heterocycles. The molecule has 1 unspecified atom stereocenters. The van der Waals surface area contributed by atoms with Gasteiger partial charge in [0.05, 0.1) is 0 Å². The molecule has 4 nitrogen and oxygen atoms in total. The average molecular weight is 240 g/mol. The molecule has 18 heavy (non-hydrogen) atoms. The van der Waals surface area contributed by atoms with E-state index in [1.165, 1.54) is 0 Å². The second-order valence-electron chi connectivity index (χ2n) is 4.55. The smallest absolute Gasteiger partial charge is 0.298 e. The van der Waals surface area contributed by atoms with E-state index in [9.17, 15) is 9.59 Å². The van der Waals surface area contributed by atoms with Crippen molar-refractivity contribution in [1.29, 1.82) is 0 Å². The lowest BCUT2D eigenvalue weighted by atomic mass is 9.79. The van der Waals surface area contributed by atoms with E-state index in [1.807, 2.05) is 24.3 Å². The molecular formula is C14H8O4. The number of hydrogen-bond acceptors (Lipinski definition) is 4. The summed E-state index contributed by atoms with van der Waals surface area (Å²) in [5, 5.41) is 1.97. The molecule has 0 spiro atoms. The van der Waals surface area contributed by atoms with Gasteiger partial charge >= 0.3 is 5.97 Å². The first-order chi connectivity index (χ1) is 8.75. The number of ketones is 1. The van der Waals surface area contributed by atoms with Gasteiger partial charge in [-0.25, -0.2) is 9.68 Å². The summed E-state index contributed by atoms with van der Waals surface area (Å²) in [6.45, 7) is 0. The van der Waals surface area contributed by atoms with Crippen LogP contribution < -0.4 is 4.89 Å². The van der Waals surface area contributed by atoms with Crippen LogP contribution in [0, 0.1) is 0 Å². The molecule has 2 aromatic rings. The lowest BCUT2D eigenvalue weighted by molar-refractivity contribution is -0.221. The fraction of sp³-hybridized carbons (Fsp3) is 0.143. The lowest BCUT2D eigenvalue weighted by Crippen LogP contribution is -2.33. The van der Waals surface area contributed by atoms with Gasteiger partial charge in [-0.1, -0.05) is 24.3 Å². The van der Waals surface area contributed by atoms with Crippen LogP contribution in [0.3, 0.4) is 0 Å². The molecule has 4 heteroatoms. The first-order valence-electron chi connectivity index (χ1n) is 5.71. The molecule has 1 atom stereocenters. The Morgan fingerprint density at radius 2 is 1.94 bits per heavy atom. The van der Waals surface area contributed by atoms with Gasteiger partial charge in [0.1, 0.15) is 5.92 Å². The van der Waals surface area contributed by atoms with Crippen molar-refractivity contribution in [2.24, 2.45) is 0 Å². The second kappa shape index (κ2) is 3.10. The summed E-state index contributed by atoms with van der Waals surface area (Å²) in [6, 6.07) is 9.44. The number of carbonyl (C=O) groups is 2. The predicted molar refractivity (Wildman–Crippen MR) is 62.1 cm³/mol. The van der Waals surface area contributed by atoms with Crippen molar-refractivity contribution in [2.45, 2.75) is 12.3 Å². The Morgan fingerprint density at radius 3 is 2.83 bits per heavy atom. The molecular weight excluding hydrogens is 232 g/mol.